The standard InChI is InChI=1S/C13H18N/c1-12-7-9-14(10-8-12)11-13-5-3-2-4-6-13/h2-6H,7-11H2,1H3/q+1. The van der Waals surface area contributed by atoms with Gasteiger partial charge in [-0.2, -0.15) is 0 Å². The lowest BCUT2D eigenvalue weighted by Crippen LogP contribution is -2.31. The van der Waals surface area contributed by atoms with Crippen LogP contribution in [0.5, 0.6) is 0 Å². The van der Waals surface area contributed by atoms with Crippen LogP contribution in [0.15, 0.2) is 30.3 Å². The van der Waals surface area contributed by atoms with E-state index in [0.717, 1.165) is 6.54 Å². The summed E-state index contributed by atoms with van der Waals surface area (Å²) in [4.78, 5) is 2.54. The smallest absolute Gasteiger partial charge is 0.102 e. The second kappa shape index (κ2) is 4.52. The van der Waals surface area contributed by atoms with E-state index >= 15 is 0 Å². The van der Waals surface area contributed by atoms with Crippen molar-refractivity contribution in [1.29, 1.82) is 0 Å². The van der Waals surface area contributed by atoms with Crippen molar-refractivity contribution in [2.75, 3.05) is 13.1 Å². The molecule has 1 nitrogen and oxygen atoms in total. The molecular weight excluding hydrogens is 170 g/mol. The number of hydrogen-bond donors (Lipinski definition) is 0. The Morgan fingerprint density at radius 1 is 1.14 bits per heavy atom. The average Bonchev–Trinajstić information content (AvgIpc) is 2.23. The molecule has 74 valence electrons. The highest BCUT2D eigenvalue weighted by molar-refractivity contribution is 5.14. The Balaban J connectivity index is 1.87. The number of benzene rings is 1. The van der Waals surface area contributed by atoms with Gasteiger partial charge in [-0.1, -0.05) is 30.3 Å². The molecule has 0 spiro atoms. The minimum atomic E-state index is 1.12. The maximum absolute atomic E-state index is 2.54. The minimum absolute atomic E-state index is 1.12. The van der Waals surface area contributed by atoms with Gasteiger partial charge in [0, 0.05) is 19.6 Å². The molecule has 0 radical (unpaired) electrons. The second-order valence-corrected chi connectivity index (χ2v) is 4.22. The highest BCUT2D eigenvalue weighted by Crippen LogP contribution is 2.19. The summed E-state index contributed by atoms with van der Waals surface area (Å²) in [5, 5.41) is 0. The summed E-state index contributed by atoms with van der Waals surface area (Å²) in [5.74, 6) is 1.66. The fourth-order valence-corrected chi connectivity index (χ4v) is 1.93. The average molecular weight is 188 g/mol. The van der Waals surface area contributed by atoms with Crippen molar-refractivity contribution >= 4 is 0 Å². The lowest BCUT2D eigenvalue weighted by Gasteiger charge is -2.24. The Morgan fingerprint density at radius 3 is 2.43 bits per heavy atom. The maximum atomic E-state index is 2.54. The molecule has 1 aromatic carbocycles. The predicted molar refractivity (Wildman–Crippen MR) is 59.9 cm³/mol. The molecular formula is C13H18N+. The number of likely N-dealkylation sites (tertiary alicyclic amines) is 1. The van der Waals surface area contributed by atoms with E-state index in [0.29, 0.717) is 0 Å². The molecule has 0 aliphatic carbocycles. The Bertz CT molecular complexity index is 260. The summed E-state index contributed by atoms with van der Waals surface area (Å²) in [7, 11) is 0. The fourth-order valence-electron chi connectivity index (χ4n) is 1.93. The van der Waals surface area contributed by atoms with Crippen LogP contribution < -0.4 is 0 Å². The summed E-state index contributed by atoms with van der Waals surface area (Å²) in [6.45, 7) is 5.87. The Morgan fingerprint density at radius 2 is 1.79 bits per heavy atom. The number of piperidine rings is 1. The monoisotopic (exact) mass is 188 g/mol. The van der Waals surface area contributed by atoms with Crippen molar-refractivity contribution in [1.82, 2.24) is 4.90 Å². The Hall–Kier alpha value is -0.950. The van der Waals surface area contributed by atoms with Crippen LogP contribution in [0.25, 0.3) is 0 Å². The highest BCUT2D eigenvalue weighted by Gasteiger charge is 2.22. The van der Waals surface area contributed by atoms with Gasteiger partial charge in [-0.05, 0) is 5.56 Å². The van der Waals surface area contributed by atoms with Gasteiger partial charge in [0.2, 0.25) is 0 Å². The molecule has 0 aromatic heterocycles. The fraction of sp³-hybridized carbons (Fsp3) is 0.462. The van der Waals surface area contributed by atoms with Crippen molar-refractivity contribution in [3.8, 4) is 0 Å². The van der Waals surface area contributed by atoms with Gasteiger partial charge in [-0.15, -0.1) is 0 Å². The van der Waals surface area contributed by atoms with Crippen LogP contribution in [-0.2, 0) is 6.54 Å². The largest absolute Gasteiger partial charge is 0.291 e. The second-order valence-electron chi connectivity index (χ2n) is 4.22. The molecule has 1 aliphatic rings. The maximum Gasteiger partial charge on any atom is 0.102 e. The molecule has 1 heteroatoms. The van der Waals surface area contributed by atoms with Crippen molar-refractivity contribution < 1.29 is 0 Å². The lowest BCUT2D eigenvalue weighted by atomic mass is 9.99. The molecule has 1 fully saturated rings. The molecule has 0 N–H and O–H groups in total. The quantitative estimate of drug-likeness (QED) is 0.645. The summed E-state index contributed by atoms with van der Waals surface area (Å²) in [6, 6.07) is 10.8. The van der Waals surface area contributed by atoms with Crippen LogP contribution >= 0.6 is 0 Å². The first-order valence-corrected chi connectivity index (χ1v) is 5.42. The molecule has 0 bridgehead atoms. The molecule has 0 atom stereocenters. The van der Waals surface area contributed by atoms with E-state index in [4.69, 9.17) is 0 Å². The van der Waals surface area contributed by atoms with Gasteiger partial charge < -0.3 is 0 Å². The lowest BCUT2D eigenvalue weighted by molar-refractivity contribution is 0.233. The molecule has 2 rings (SSSR count). The van der Waals surface area contributed by atoms with Gasteiger partial charge in [0.25, 0.3) is 0 Å². The van der Waals surface area contributed by atoms with Crippen molar-refractivity contribution in [2.45, 2.75) is 26.3 Å². The zero-order valence-electron chi connectivity index (χ0n) is 8.87. The van der Waals surface area contributed by atoms with Crippen LogP contribution in [0, 0.1) is 5.92 Å². The van der Waals surface area contributed by atoms with E-state index in [1.807, 2.05) is 0 Å². The number of rotatable bonds is 2. The topological polar surface area (TPSA) is 3.24 Å². The van der Waals surface area contributed by atoms with Gasteiger partial charge >= 0.3 is 0 Å². The van der Waals surface area contributed by atoms with Crippen LogP contribution in [0.4, 0.5) is 0 Å². The molecule has 1 heterocycles. The van der Waals surface area contributed by atoms with E-state index in [-0.39, 0.29) is 0 Å². The molecule has 1 aliphatic heterocycles. The molecule has 0 unspecified atom stereocenters. The summed E-state index contributed by atoms with van der Waals surface area (Å²) in [6.07, 6.45) is 2.57. The molecule has 1 saturated heterocycles. The molecule has 0 amide bonds. The third-order valence-corrected chi connectivity index (χ3v) is 2.96. The highest BCUT2D eigenvalue weighted by atomic mass is 15.1. The molecule has 14 heavy (non-hydrogen) atoms. The third-order valence-electron chi connectivity index (χ3n) is 2.96. The minimum Gasteiger partial charge on any atom is -0.291 e. The van der Waals surface area contributed by atoms with E-state index in [1.165, 1.54) is 31.5 Å². The summed E-state index contributed by atoms with van der Waals surface area (Å²) < 4.78 is 0. The van der Waals surface area contributed by atoms with Gasteiger partial charge in [-0.3, -0.25) is 4.90 Å². The van der Waals surface area contributed by atoms with Crippen LogP contribution in [-0.4, -0.2) is 18.0 Å². The normalized spacial score (nSPS) is 18.5. The zero-order valence-corrected chi connectivity index (χ0v) is 8.87. The van der Waals surface area contributed by atoms with Crippen molar-refractivity contribution in [2.24, 2.45) is 0 Å². The van der Waals surface area contributed by atoms with Crippen LogP contribution in [0.2, 0.25) is 0 Å². The Labute approximate surface area is 86.7 Å². The van der Waals surface area contributed by atoms with E-state index in [2.05, 4.69) is 42.2 Å². The van der Waals surface area contributed by atoms with Gasteiger partial charge in [-0.25, -0.2) is 0 Å². The number of hydrogen-bond acceptors (Lipinski definition) is 1. The first-order valence-electron chi connectivity index (χ1n) is 5.42. The summed E-state index contributed by atoms with van der Waals surface area (Å²) >= 11 is 0. The van der Waals surface area contributed by atoms with Crippen LogP contribution in [0.3, 0.4) is 0 Å². The predicted octanol–water partition coefficient (Wildman–Crippen LogP) is 2.88. The van der Waals surface area contributed by atoms with Crippen molar-refractivity contribution in [3.05, 3.63) is 41.8 Å². The zero-order chi connectivity index (χ0) is 9.80. The first-order chi connectivity index (χ1) is 6.84. The summed E-state index contributed by atoms with van der Waals surface area (Å²) in [5.41, 5.74) is 1.44. The van der Waals surface area contributed by atoms with Crippen LogP contribution in [0.1, 0.15) is 25.3 Å². The number of nitrogens with zero attached hydrogens (tertiary/aromatic N) is 1. The first kappa shape index (κ1) is 9.60. The van der Waals surface area contributed by atoms with Crippen molar-refractivity contribution in [3.63, 3.8) is 0 Å². The van der Waals surface area contributed by atoms with Gasteiger partial charge in [0.15, 0.2) is 0 Å². The van der Waals surface area contributed by atoms with E-state index in [9.17, 15) is 0 Å². The SMILES string of the molecule is C[C+]1CCN(Cc2ccccc2)CC1. The molecule has 0 saturated carbocycles. The van der Waals surface area contributed by atoms with Gasteiger partial charge in [0.1, 0.15) is 12.8 Å². The van der Waals surface area contributed by atoms with E-state index < -0.39 is 0 Å². The Kier molecular flexibility index (Phi) is 3.10. The molecule has 1 aromatic rings. The van der Waals surface area contributed by atoms with Gasteiger partial charge in [0.05, 0.1) is 12.8 Å². The van der Waals surface area contributed by atoms with E-state index in [1.54, 1.807) is 5.92 Å². The third kappa shape index (κ3) is 2.52.